The molecule has 0 saturated heterocycles. The number of fused-ring (bicyclic) bond motifs is 1. The predicted octanol–water partition coefficient (Wildman–Crippen LogP) is 3.77. The summed E-state index contributed by atoms with van der Waals surface area (Å²) in [6.07, 6.45) is 9.27. The van der Waals surface area contributed by atoms with E-state index in [0.29, 0.717) is 0 Å². The van der Waals surface area contributed by atoms with Gasteiger partial charge in [0.15, 0.2) is 0 Å². The fourth-order valence-electron chi connectivity index (χ4n) is 2.62. The van der Waals surface area contributed by atoms with Crippen LogP contribution in [0.5, 0.6) is 0 Å². The summed E-state index contributed by atoms with van der Waals surface area (Å²) in [5.74, 6) is 1.72. The van der Waals surface area contributed by atoms with Gasteiger partial charge in [-0.2, -0.15) is 0 Å². The molecule has 2 heterocycles. The lowest BCUT2D eigenvalue weighted by Gasteiger charge is -2.07. The Labute approximate surface area is 135 Å². The molecule has 2 aromatic rings. The van der Waals surface area contributed by atoms with Crippen LogP contribution in [0, 0.1) is 13.8 Å². The molecule has 0 aliphatic carbocycles. The number of aromatic nitrogens is 3. The first-order valence-corrected chi connectivity index (χ1v) is 9.74. The van der Waals surface area contributed by atoms with E-state index in [9.17, 15) is 4.21 Å². The molecule has 0 fully saturated rings. The van der Waals surface area contributed by atoms with Gasteiger partial charge in [0.1, 0.15) is 5.52 Å². The summed E-state index contributed by atoms with van der Waals surface area (Å²) >= 11 is 0. The van der Waals surface area contributed by atoms with Crippen molar-refractivity contribution in [3.8, 4) is 0 Å². The minimum absolute atomic E-state index is 0.617. The van der Waals surface area contributed by atoms with Crippen molar-refractivity contribution in [3.05, 3.63) is 23.8 Å². The van der Waals surface area contributed by atoms with Crippen molar-refractivity contribution in [3.63, 3.8) is 0 Å². The summed E-state index contributed by atoms with van der Waals surface area (Å²) in [5.41, 5.74) is 4.47. The van der Waals surface area contributed by atoms with Gasteiger partial charge in [-0.3, -0.25) is 9.19 Å². The first kappa shape index (κ1) is 17.1. The molecule has 0 aliphatic rings. The van der Waals surface area contributed by atoms with Crippen LogP contribution in [-0.2, 0) is 17.3 Å². The molecule has 0 amide bonds. The zero-order valence-corrected chi connectivity index (χ0v) is 14.8. The zero-order valence-electron chi connectivity index (χ0n) is 14.0. The fraction of sp³-hybridized carbons (Fsp3) is 0.647. The molecule has 0 N–H and O–H groups in total. The summed E-state index contributed by atoms with van der Waals surface area (Å²) in [4.78, 5) is 8.80. The lowest BCUT2D eigenvalue weighted by molar-refractivity contribution is 0.610. The van der Waals surface area contributed by atoms with Crippen LogP contribution in [-0.4, -0.2) is 30.2 Å². The normalized spacial score (nSPS) is 12.9. The maximum absolute atomic E-state index is 11.7. The number of hydrogen-bond acceptors (Lipinski definition) is 3. The third-order valence-corrected chi connectivity index (χ3v) is 5.63. The summed E-state index contributed by atoms with van der Waals surface area (Å²) in [6.45, 7) is 7.27. The van der Waals surface area contributed by atoms with E-state index < -0.39 is 10.8 Å². The topological polar surface area (TPSA) is 47.8 Å². The highest BCUT2D eigenvalue weighted by Crippen LogP contribution is 2.19. The monoisotopic (exact) mass is 321 g/mol. The molecule has 5 heteroatoms. The van der Waals surface area contributed by atoms with Crippen molar-refractivity contribution in [2.24, 2.45) is 0 Å². The summed E-state index contributed by atoms with van der Waals surface area (Å²) in [6, 6.07) is 0. The Morgan fingerprint density at radius 1 is 1.09 bits per heavy atom. The van der Waals surface area contributed by atoms with Crippen molar-refractivity contribution in [1.82, 2.24) is 14.5 Å². The molecule has 1 unspecified atom stereocenters. The molecular formula is C17H27N3OS. The van der Waals surface area contributed by atoms with Gasteiger partial charge in [0.05, 0.1) is 18.0 Å². The first-order valence-electron chi connectivity index (χ1n) is 8.25. The minimum Gasteiger partial charge on any atom is -0.330 e. The van der Waals surface area contributed by atoms with Crippen molar-refractivity contribution in [2.45, 2.75) is 59.4 Å². The Bertz CT molecular complexity index is 636. The standard InChI is InChI=1S/C17H27N3OS/c1-4-5-10-22(21)11-8-6-7-9-20-13-19-16-12-18-15(3)14(2)17(16)20/h12-13H,4-11H2,1-3H3. The molecule has 2 aromatic heterocycles. The van der Waals surface area contributed by atoms with Gasteiger partial charge in [0, 0.05) is 34.5 Å². The van der Waals surface area contributed by atoms with E-state index in [1.807, 2.05) is 19.4 Å². The number of aryl methyl sites for hydroxylation is 3. The zero-order chi connectivity index (χ0) is 15.9. The lowest BCUT2D eigenvalue weighted by Crippen LogP contribution is -2.03. The Balaban J connectivity index is 1.81. The number of nitrogens with zero attached hydrogens (tertiary/aromatic N) is 3. The van der Waals surface area contributed by atoms with E-state index in [0.717, 1.165) is 61.4 Å². The fourth-order valence-corrected chi connectivity index (χ4v) is 3.97. The highest BCUT2D eigenvalue weighted by atomic mass is 32.2. The maximum atomic E-state index is 11.7. The molecule has 0 bridgehead atoms. The summed E-state index contributed by atoms with van der Waals surface area (Å²) in [7, 11) is -0.617. The van der Waals surface area contributed by atoms with Crippen LogP contribution in [0.4, 0.5) is 0 Å². The second-order valence-corrected chi connectivity index (χ2v) is 7.60. The van der Waals surface area contributed by atoms with Crippen molar-refractivity contribution >= 4 is 21.8 Å². The number of imidazole rings is 1. The van der Waals surface area contributed by atoms with Crippen LogP contribution in [0.1, 0.15) is 50.3 Å². The SMILES string of the molecule is CCCCS(=O)CCCCCn1cnc2cnc(C)c(C)c21. The van der Waals surface area contributed by atoms with Crippen LogP contribution in [0.15, 0.2) is 12.5 Å². The van der Waals surface area contributed by atoms with Crippen molar-refractivity contribution < 1.29 is 4.21 Å². The predicted molar refractivity (Wildman–Crippen MR) is 93.6 cm³/mol. The van der Waals surface area contributed by atoms with E-state index in [-0.39, 0.29) is 0 Å². The van der Waals surface area contributed by atoms with Gasteiger partial charge in [0.25, 0.3) is 0 Å². The highest BCUT2D eigenvalue weighted by Gasteiger charge is 2.08. The molecule has 0 spiro atoms. The van der Waals surface area contributed by atoms with Gasteiger partial charge in [-0.15, -0.1) is 0 Å². The third-order valence-electron chi connectivity index (χ3n) is 4.14. The lowest BCUT2D eigenvalue weighted by atomic mass is 10.2. The number of rotatable bonds is 9. The molecule has 1 atom stereocenters. The van der Waals surface area contributed by atoms with Crippen LogP contribution in [0.3, 0.4) is 0 Å². The van der Waals surface area contributed by atoms with Gasteiger partial charge in [-0.1, -0.05) is 19.8 Å². The largest absolute Gasteiger partial charge is 0.330 e. The molecule has 0 aliphatic heterocycles. The molecule has 22 heavy (non-hydrogen) atoms. The average molecular weight is 321 g/mol. The second kappa shape index (κ2) is 8.42. The Morgan fingerprint density at radius 2 is 1.86 bits per heavy atom. The summed E-state index contributed by atoms with van der Waals surface area (Å²) < 4.78 is 14.0. The van der Waals surface area contributed by atoms with Gasteiger partial charge in [-0.25, -0.2) is 4.98 Å². The number of unbranched alkanes of at least 4 members (excludes halogenated alkanes) is 3. The van der Waals surface area contributed by atoms with Crippen LogP contribution in [0.25, 0.3) is 11.0 Å². The van der Waals surface area contributed by atoms with E-state index in [4.69, 9.17) is 0 Å². The molecule has 122 valence electrons. The number of hydrogen-bond donors (Lipinski definition) is 0. The Morgan fingerprint density at radius 3 is 2.64 bits per heavy atom. The molecule has 0 aromatic carbocycles. The highest BCUT2D eigenvalue weighted by molar-refractivity contribution is 7.84. The van der Waals surface area contributed by atoms with Gasteiger partial charge >= 0.3 is 0 Å². The van der Waals surface area contributed by atoms with Gasteiger partial charge in [-0.05, 0) is 38.7 Å². The first-order chi connectivity index (χ1) is 10.6. The van der Waals surface area contributed by atoms with Gasteiger partial charge in [0.2, 0.25) is 0 Å². The van der Waals surface area contributed by atoms with Crippen LogP contribution < -0.4 is 0 Å². The Hall–Kier alpha value is -1.23. The molecule has 0 saturated carbocycles. The van der Waals surface area contributed by atoms with Crippen LogP contribution in [0.2, 0.25) is 0 Å². The van der Waals surface area contributed by atoms with Crippen molar-refractivity contribution in [2.75, 3.05) is 11.5 Å². The smallest absolute Gasteiger partial charge is 0.107 e. The molecule has 4 nitrogen and oxygen atoms in total. The second-order valence-electron chi connectivity index (χ2n) is 5.90. The third kappa shape index (κ3) is 4.38. The van der Waals surface area contributed by atoms with E-state index in [1.54, 1.807) is 0 Å². The molecular weight excluding hydrogens is 294 g/mol. The van der Waals surface area contributed by atoms with Crippen LogP contribution >= 0.6 is 0 Å². The number of pyridine rings is 1. The minimum atomic E-state index is -0.617. The van der Waals surface area contributed by atoms with E-state index in [1.165, 1.54) is 11.1 Å². The van der Waals surface area contributed by atoms with Gasteiger partial charge < -0.3 is 4.57 Å². The Kier molecular flexibility index (Phi) is 6.55. The summed E-state index contributed by atoms with van der Waals surface area (Å²) in [5, 5.41) is 0. The van der Waals surface area contributed by atoms with Crippen molar-refractivity contribution in [1.29, 1.82) is 0 Å². The van der Waals surface area contributed by atoms with E-state index >= 15 is 0 Å². The maximum Gasteiger partial charge on any atom is 0.107 e. The van der Waals surface area contributed by atoms with E-state index in [2.05, 4.69) is 28.4 Å². The quantitative estimate of drug-likeness (QED) is 0.661. The molecule has 2 rings (SSSR count). The average Bonchev–Trinajstić information content (AvgIpc) is 2.92. The molecule has 0 radical (unpaired) electrons.